The zero-order valence-corrected chi connectivity index (χ0v) is 85.8. The summed E-state index contributed by atoms with van der Waals surface area (Å²) >= 11 is 52.7. The van der Waals surface area contributed by atoms with Gasteiger partial charge in [0.05, 0.1) is 79.2 Å². The first-order chi connectivity index (χ1) is 67.2. The fourth-order valence-electron chi connectivity index (χ4n) is 13.1. The van der Waals surface area contributed by atoms with Crippen molar-refractivity contribution in [2.45, 2.75) is 135 Å². The SMILES string of the molecule is CCc1cc(-c2cc[nH]c2)nc(N)n1.CCc1cc(C(C=N)=C(C)N)nc(N)n1.COCC(=O)NCCCCCc1cc(-c2cccc(Cl)c2Cl)nc(N)n1.CS(=O)(=O)c1ccc(C(=O)NCCCCCc2cc(-c3cccc(Cl)c3Cl)nc(N)n2)cc1.Nc1nc(NCCCCCC(=O)C(F)(F)F)cc(-c2cccc(Cl)c2Cl)n1.Nc1nc(NCCCc2ccc(Br)cn2)cc(-c2cccc(Cl)c2Cl)n1. The van der Waals surface area contributed by atoms with Crippen LogP contribution in [0.1, 0.15) is 136 Å². The number of benzene rings is 5. The van der Waals surface area contributed by atoms with E-state index in [9.17, 15) is 36.0 Å². The number of aromatic nitrogens is 14. The molecule has 0 radical (unpaired) electrons. The molecule has 141 heavy (non-hydrogen) atoms. The molecule has 0 spiro atoms. The quantitative estimate of drug-likeness (QED) is 0.0127. The number of rotatable bonds is 37. The number of halogens is 12. The van der Waals surface area contributed by atoms with Gasteiger partial charge in [-0.2, -0.15) is 23.1 Å². The standard InChI is InChI=1S/C23H24Cl2N4O3S.C18H16BrCl2N5.C18H22Cl2N4O2.C17H17Cl2F3N4O.C10H15N5.C10H12N4/c1-33(31,32)17-11-9-15(10-12-17)22(30)27-13-4-2-3-6-16-14-20(29-23(26)28-16)18-7-5-8-19(24)21(18)25;19-11-6-7-12(24-10-11)3-2-8-23-16-9-15(25-18(22)26-16)13-4-1-5-14(20)17(13)21;1-26-11-16(25)22-9-4-2-3-6-12-10-15(24-18(21)23-12)13-7-5-8-14(19)17(13)20;18-11-6-4-5-10(15(11)19)12-9-14(26-16(23)25-12)24-8-3-1-2-7-13(27)17(20,21)22;1-3-7-4-9(15-10(13)14-7)8(5-11)6(2)12;1-2-8-5-9(14-10(11)13-8)7-3-4-12-6-7/h5,7-12,14H,2-4,6,13H2,1H3,(H,27,30)(H2,26,28,29);1,4-7,9-10H,2-3,8H2,(H3,22,23,25,26);5,7-8,10H,2-4,6,9,11H2,1H3,(H,22,25)(H2,21,23,24);4-6,9H,1-3,7-8H2,(H3,23,24,25,26);4-5,11H,3,12H2,1-2H3,(H2,13,14,15);3-6,12H,2H2,1H3,(H2,11,13,14). The Kier molecular flexibility index (Phi) is 46.6. The molecule has 0 fully saturated rings. The highest BCUT2D eigenvalue weighted by Crippen LogP contribution is 2.38. The summed E-state index contributed by atoms with van der Waals surface area (Å²) in [4.78, 5) is 92.0. The summed E-state index contributed by atoms with van der Waals surface area (Å²) in [5, 5.41) is 22.6. The lowest BCUT2D eigenvalue weighted by Crippen LogP contribution is -2.27. The maximum absolute atomic E-state index is 12.2. The molecule has 20 N–H and O–H groups in total. The number of hydrogen-bond donors (Lipinski definition) is 13. The Bertz CT molecular complexity index is 6510. The molecule has 746 valence electrons. The largest absolute Gasteiger partial charge is 0.449 e. The number of H-pyrrole nitrogens is 1. The number of Topliss-reactive ketones (excluding diaryl/α,β-unsaturated/α-hetero) is 1. The molecular formula is C96H106BrCl8F3N26O6S. The van der Waals surface area contributed by atoms with Crippen molar-refractivity contribution in [3.8, 4) is 56.3 Å². The molecule has 0 aliphatic carbocycles. The van der Waals surface area contributed by atoms with Gasteiger partial charge in [0.25, 0.3) is 5.91 Å². The van der Waals surface area contributed by atoms with Gasteiger partial charge in [-0.05, 0) is 191 Å². The van der Waals surface area contributed by atoms with Crippen LogP contribution < -0.4 is 61.4 Å². The predicted octanol–water partition coefficient (Wildman–Crippen LogP) is 21.0. The number of carbonyl (C=O) groups excluding carboxylic acids is 3. The van der Waals surface area contributed by atoms with Gasteiger partial charge in [0, 0.05) is 160 Å². The maximum atomic E-state index is 12.2. The van der Waals surface area contributed by atoms with E-state index in [1.165, 1.54) is 37.6 Å². The molecule has 0 bridgehead atoms. The van der Waals surface area contributed by atoms with Crippen molar-refractivity contribution < 1.29 is 40.7 Å². The number of hydrogen-bond acceptors (Lipinski definition) is 29. The minimum absolute atomic E-state index is 0.0433. The van der Waals surface area contributed by atoms with E-state index in [0.29, 0.717) is 153 Å². The lowest BCUT2D eigenvalue weighted by atomic mass is 10.1. The van der Waals surface area contributed by atoms with Gasteiger partial charge >= 0.3 is 6.18 Å². The van der Waals surface area contributed by atoms with Gasteiger partial charge in [-0.1, -0.05) is 174 Å². The molecule has 8 aromatic heterocycles. The number of nitrogens with one attached hydrogen (secondary N) is 6. The van der Waals surface area contributed by atoms with Crippen LogP contribution in [0.2, 0.25) is 40.2 Å². The van der Waals surface area contributed by atoms with E-state index in [2.05, 4.69) is 107 Å². The zero-order chi connectivity index (χ0) is 103. The highest BCUT2D eigenvalue weighted by molar-refractivity contribution is 9.10. The van der Waals surface area contributed by atoms with E-state index >= 15 is 0 Å². The van der Waals surface area contributed by atoms with E-state index < -0.39 is 28.2 Å². The van der Waals surface area contributed by atoms with Crippen LogP contribution in [0.25, 0.3) is 61.9 Å². The summed E-state index contributed by atoms with van der Waals surface area (Å²) in [6.45, 7) is 8.19. The molecule has 0 saturated carbocycles. The van der Waals surface area contributed by atoms with Gasteiger partial charge in [0.15, 0.2) is 9.84 Å². The van der Waals surface area contributed by atoms with E-state index in [1.807, 2.05) is 99.0 Å². The number of ether oxygens (including phenoxy) is 1. The number of amides is 2. The number of alkyl halides is 3. The van der Waals surface area contributed by atoms with Crippen molar-refractivity contribution in [3.63, 3.8) is 0 Å². The maximum Gasteiger partial charge on any atom is 0.449 e. The number of nitrogens with zero attached hydrogens (tertiary/aromatic N) is 13. The monoisotopic (exact) mass is 2170 g/mol. The highest BCUT2D eigenvalue weighted by atomic mass is 79.9. The summed E-state index contributed by atoms with van der Waals surface area (Å²) < 4.78 is 65.1. The van der Waals surface area contributed by atoms with Gasteiger partial charge < -0.3 is 76.5 Å². The molecule has 0 unspecified atom stereocenters. The van der Waals surface area contributed by atoms with Crippen LogP contribution in [-0.4, -0.2) is 154 Å². The first-order valence-electron chi connectivity index (χ1n) is 44.0. The van der Waals surface area contributed by atoms with Crippen molar-refractivity contribution in [2.75, 3.05) is 91.2 Å². The Morgan fingerprint density at radius 3 is 1.32 bits per heavy atom. The van der Waals surface area contributed by atoms with Crippen LogP contribution in [0.15, 0.2) is 185 Å². The smallest absolute Gasteiger partial charge is 0.402 e. The third kappa shape index (κ3) is 38.3. The number of anilines is 8. The fraction of sp³-hybridized carbons (Fsp3) is 0.281. The second-order valence-corrected chi connectivity index (χ2v) is 37.0. The Hall–Kier alpha value is -12.3. The minimum Gasteiger partial charge on any atom is -0.402 e. The van der Waals surface area contributed by atoms with Crippen molar-refractivity contribution in [1.82, 2.24) is 80.4 Å². The van der Waals surface area contributed by atoms with Crippen molar-refractivity contribution >= 4 is 195 Å². The molecule has 0 aliphatic rings. The van der Waals surface area contributed by atoms with Crippen LogP contribution in [0.5, 0.6) is 0 Å². The molecule has 45 heteroatoms. The molecule has 13 aromatic rings. The lowest BCUT2D eigenvalue weighted by molar-refractivity contribution is -0.171. The molecule has 2 amide bonds. The molecule has 5 aromatic carbocycles. The minimum atomic E-state index is -4.76. The first-order valence-corrected chi connectivity index (χ1v) is 49.7. The molecular weight excluding hydrogens is 2070 g/mol. The number of methoxy groups -OCH3 is 1. The second-order valence-electron chi connectivity index (χ2n) is 31.0. The van der Waals surface area contributed by atoms with Crippen LogP contribution >= 0.6 is 109 Å². The third-order valence-corrected chi connectivity index (χ3v) is 25.0. The molecule has 0 aliphatic heterocycles. The molecule has 32 nitrogen and oxygen atoms in total. The van der Waals surface area contributed by atoms with Crippen LogP contribution in [0.3, 0.4) is 0 Å². The topological polar surface area (TPSA) is 532 Å². The molecule has 8 heterocycles. The summed E-state index contributed by atoms with van der Waals surface area (Å²) in [7, 11) is -1.78. The zero-order valence-electron chi connectivity index (χ0n) is 77.3. The average Bonchev–Trinajstić information content (AvgIpc) is 0.927. The van der Waals surface area contributed by atoms with Gasteiger partial charge in [0.1, 0.15) is 18.2 Å². The van der Waals surface area contributed by atoms with Crippen molar-refractivity contribution in [3.05, 3.63) is 260 Å². The number of ketones is 1. The van der Waals surface area contributed by atoms with Crippen LogP contribution in [0.4, 0.5) is 60.5 Å². The number of allylic oxidation sites excluding steroid dienone is 2. The third-order valence-electron chi connectivity index (χ3n) is 20.1. The van der Waals surface area contributed by atoms with Crippen molar-refractivity contribution in [1.29, 1.82) is 5.41 Å². The first kappa shape index (κ1) is 114. The van der Waals surface area contributed by atoms with Crippen molar-refractivity contribution in [2.24, 2.45) is 5.73 Å². The Morgan fingerprint density at radius 1 is 0.482 bits per heavy atom. The van der Waals surface area contributed by atoms with E-state index in [-0.39, 0.29) is 59.5 Å². The van der Waals surface area contributed by atoms with Crippen LogP contribution in [-0.2, 0) is 56.3 Å². The van der Waals surface area contributed by atoms with E-state index in [4.69, 9.17) is 143 Å². The second kappa shape index (κ2) is 57.6. The van der Waals surface area contributed by atoms with E-state index in [0.717, 1.165) is 139 Å². The number of carbonyl (C=O) groups is 3. The number of sulfone groups is 1. The number of nitrogen functional groups attached to an aromatic ring is 6. The number of unbranched alkanes of at least 4 members (excludes halogenated alkanes) is 6. The Labute approximate surface area is 863 Å². The predicted molar refractivity (Wildman–Crippen MR) is 563 cm³/mol. The lowest BCUT2D eigenvalue weighted by Gasteiger charge is -2.10. The van der Waals surface area contributed by atoms with Gasteiger partial charge in [-0.15, -0.1) is 0 Å². The Balaban J connectivity index is 0.000000211. The average molecular weight is 2170 g/mol. The van der Waals surface area contributed by atoms with Crippen LogP contribution in [0, 0.1) is 5.41 Å². The highest BCUT2D eigenvalue weighted by Gasteiger charge is 2.37. The molecule has 13 rings (SSSR count). The summed E-state index contributed by atoms with van der Waals surface area (Å²) in [6, 6.07) is 44.1. The van der Waals surface area contributed by atoms with Gasteiger partial charge in [-0.25, -0.2) is 58.3 Å². The number of aryl methyl sites for hydroxylation is 5. The summed E-state index contributed by atoms with van der Waals surface area (Å²) in [5.41, 5.74) is 53.9. The normalized spacial score (nSPS) is 11.1. The molecule has 0 saturated heterocycles. The van der Waals surface area contributed by atoms with E-state index in [1.54, 1.807) is 67.7 Å². The van der Waals surface area contributed by atoms with Gasteiger partial charge in [-0.3, -0.25) is 19.4 Å². The van der Waals surface area contributed by atoms with Gasteiger partial charge in [0.2, 0.25) is 47.4 Å². The fourth-order valence-corrected chi connectivity index (χ4v) is 15.5. The Morgan fingerprint density at radius 2 is 0.894 bits per heavy atom. The summed E-state index contributed by atoms with van der Waals surface area (Å²) in [6.07, 6.45) is 14.0. The number of pyridine rings is 1. The number of nitrogens with two attached hydrogens (primary N) is 7. The number of aromatic amines is 1. The summed E-state index contributed by atoms with van der Waals surface area (Å²) in [5.74, 6) is 0.228. The molecule has 0 atom stereocenters.